The van der Waals surface area contributed by atoms with Crippen molar-refractivity contribution in [2.24, 2.45) is 11.1 Å². The molecule has 2 N–H and O–H groups in total. The summed E-state index contributed by atoms with van der Waals surface area (Å²) in [6, 6.07) is 1.84. The maximum atomic E-state index is 6.21. The molecule has 0 aromatic carbocycles. The summed E-state index contributed by atoms with van der Waals surface area (Å²) < 4.78 is 0. The molecule has 5 nitrogen and oxygen atoms in total. The summed E-state index contributed by atoms with van der Waals surface area (Å²) in [5.41, 5.74) is 9.25. The van der Waals surface area contributed by atoms with E-state index in [2.05, 4.69) is 33.8 Å². The minimum atomic E-state index is 0.0261. The van der Waals surface area contributed by atoms with E-state index in [0.717, 1.165) is 29.8 Å². The Morgan fingerprint density at radius 3 is 2.89 bits per heavy atom. The zero-order valence-electron chi connectivity index (χ0n) is 11.2. The third-order valence-corrected chi connectivity index (χ3v) is 3.53. The van der Waals surface area contributed by atoms with Gasteiger partial charge in [0, 0.05) is 29.7 Å². The van der Waals surface area contributed by atoms with Crippen LogP contribution in [0.5, 0.6) is 0 Å². The first-order valence-corrected chi connectivity index (χ1v) is 6.43. The Bertz CT molecular complexity index is 594. The van der Waals surface area contributed by atoms with Gasteiger partial charge in [-0.25, -0.2) is 19.9 Å². The zero-order chi connectivity index (χ0) is 13.5. The van der Waals surface area contributed by atoms with E-state index in [4.69, 9.17) is 5.73 Å². The predicted molar refractivity (Wildman–Crippen MR) is 72.1 cm³/mol. The van der Waals surface area contributed by atoms with Gasteiger partial charge in [0.1, 0.15) is 12.0 Å². The topological polar surface area (TPSA) is 77.6 Å². The number of rotatable bonds is 1. The smallest absolute Gasteiger partial charge is 0.178 e. The lowest BCUT2D eigenvalue weighted by Crippen LogP contribution is -2.30. The lowest BCUT2D eigenvalue weighted by Gasteiger charge is -2.34. The van der Waals surface area contributed by atoms with Gasteiger partial charge in [-0.2, -0.15) is 0 Å². The molecule has 1 unspecified atom stereocenters. The van der Waals surface area contributed by atoms with E-state index in [1.165, 1.54) is 6.33 Å². The van der Waals surface area contributed by atoms with Crippen LogP contribution in [0.1, 0.15) is 37.6 Å². The summed E-state index contributed by atoms with van der Waals surface area (Å²) in [6.07, 6.45) is 6.95. The molecule has 2 heterocycles. The van der Waals surface area contributed by atoms with Crippen LogP contribution < -0.4 is 5.73 Å². The average molecular weight is 255 g/mol. The van der Waals surface area contributed by atoms with Gasteiger partial charge in [-0.05, 0) is 24.3 Å². The molecule has 0 spiro atoms. The largest absolute Gasteiger partial charge is 0.324 e. The van der Waals surface area contributed by atoms with E-state index in [1.54, 1.807) is 6.20 Å². The summed E-state index contributed by atoms with van der Waals surface area (Å²) in [5, 5.41) is 0. The molecular formula is C14H17N5. The van der Waals surface area contributed by atoms with Crippen LogP contribution in [0.3, 0.4) is 0 Å². The lowest BCUT2D eigenvalue weighted by atomic mass is 9.74. The molecule has 98 valence electrons. The predicted octanol–water partition coefficient (Wildman–Crippen LogP) is 1.91. The molecule has 0 saturated heterocycles. The Kier molecular flexibility index (Phi) is 2.78. The fourth-order valence-electron chi connectivity index (χ4n) is 2.65. The fourth-order valence-corrected chi connectivity index (χ4v) is 2.65. The second kappa shape index (κ2) is 4.35. The van der Waals surface area contributed by atoms with Gasteiger partial charge in [-0.1, -0.05) is 13.8 Å². The van der Waals surface area contributed by atoms with Crippen molar-refractivity contribution in [3.05, 3.63) is 36.0 Å². The molecule has 1 aliphatic carbocycles. The molecule has 0 fully saturated rings. The molecule has 0 bridgehead atoms. The van der Waals surface area contributed by atoms with Crippen LogP contribution >= 0.6 is 0 Å². The van der Waals surface area contributed by atoms with Crippen molar-refractivity contribution in [3.8, 4) is 11.5 Å². The second-order valence-electron chi connectivity index (χ2n) is 5.84. The minimum absolute atomic E-state index is 0.0261. The molecule has 0 amide bonds. The number of nitrogens with zero attached hydrogens (tertiary/aromatic N) is 4. The molecule has 19 heavy (non-hydrogen) atoms. The first kappa shape index (κ1) is 12.2. The number of fused-ring (bicyclic) bond motifs is 1. The molecule has 0 aliphatic heterocycles. The van der Waals surface area contributed by atoms with E-state index >= 15 is 0 Å². The highest BCUT2D eigenvalue weighted by atomic mass is 14.9. The van der Waals surface area contributed by atoms with Crippen molar-refractivity contribution in [1.29, 1.82) is 0 Å². The summed E-state index contributed by atoms with van der Waals surface area (Å²) in [5.74, 6) is 0.644. The maximum Gasteiger partial charge on any atom is 0.178 e. The van der Waals surface area contributed by atoms with E-state index < -0.39 is 0 Å². The molecule has 5 heteroatoms. The Balaban J connectivity index is 2.05. The van der Waals surface area contributed by atoms with Gasteiger partial charge in [-0.15, -0.1) is 0 Å². The average Bonchev–Trinajstić information content (AvgIpc) is 2.37. The van der Waals surface area contributed by atoms with Crippen LogP contribution in [0.2, 0.25) is 0 Å². The SMILES string of the molecule is CC1(C)Cc2nc(-c3ccncn3)ncc2C(N)C1. The van der Waals surface area contributed by atoms with E-state index in [1.807, 2.05) is 12.3 Å². The van der Waals surface area contributed by atoms with Crippen molar-refractivity contribution >= 4 is 0 Å². The third kappa shape index (κ3) is 2.33. The van der Waals surface area contributed by atoms with Crippen LogP contribution in [0, 0.1) is 5.41 Å². The van der Waals surface area contributed by atoms with Crippen molar-refractivity contribution in [2.45, 2.75) is 32.7 Å². The Morgan fingerprint density at radius 2 is 2.16 bits per heavy atom. The Hall–Kier alpha value is -1.88. The van der Waals surface area contributed by atoms with Crippen molar-refractivity contribution in [1.82, 2.24) is 19.9 Å². The Labute approximate surface area is 112 Å². The molecule has 1 atom stereocenters. The molecule has 1 aliphatic rings. The summed E-state index contributed by atoms with van der Waals surface area (Å²) in [6.45, 7) is 4.45. The van der Waals surface area contributed by atoms with Crippen LogP contribution in [0.4, 0.5) is 0 Å². The van der Waals surface area contributed by atoms with Crippen molar-refractivity contribution in [3.63, 3.8) is 0 Å². The van der Waals surface area contributed by atoms with Gasteiger partial charge in [0.15, 0.2) is 5.82 Å². The van der Waals surface area contributed by atoms with E-state index in [0.29, 0.717) is 5.82 Å². The molecule has 2 aromatic heterocycles. The lowest BCUT2D eigenvalue weighted by molar-refractivity contribution is 0.278. The second-order valence-corrected chi connectivity index (χ2v) is 5.84. The normalized spacial score (nSPS) is 20.9. The first-order valence-electron chi connectivity index (χ1n) is 6.43. The fraction of sp³-hybridized carbons (Fsp3) is 0.429. The number of nitrogens with two attached hydrogens (primary N) is 1. The number of hydrogen-bond donors (Lipinski definition) is 1. The van der Waals surface area contributed by atoms with E-state index in [9.17, 15) is 0 Å². The zero-order valence-corrected chi connectivity index (χ0v) is 11.2. The van der Waals surface area contributed by atoms with E-state index in [-0.39, 0.29) is 11.5 Å². The van der Waals surface area contributed by atoms with Gasteiger partial charge in [0.05, 0.1) is 0 Å². The number of hydrogen-bond acceptors (Lipinski definition) is 5. The van der Waals surface area contributed by atoms with Gasteiger partial charge in [0.25, 0.3) is 0 Å². The van der Waals surface area contributed by atoms with Crippen LogP contribution in [-0.2, 0) is 6.42 Å². The monoisotopic (exact) mass is 255 g/mol. The highest BCUT2D eigenvalue weighted by Gasteiger charge is 2.31. The van der Waals surface area contributed by atoms with Gasteiger partial charge < -0.3 is 5.73 Å². The molecule has 2 aromatic rings. The quantitative estimate of drug-likeness (QED) is 0.842. The van der Waals surface area contributed by atoms with Crippen molar-refractivity contribution < 1.29 is 0 Å². The summed E-state index contributed by atoms with van der Waals surface area (Å²) >= 11 is 0. The molecule has 0 saturated carbocycles. The molecular weight excluding hydrogens is 238 g/mol. The highest BCUT2D eigenvalue weighted by Crippen LogP contribution is 2.38. The highest BCUT2D eigenvalue weighted by molar-refractivity contribution is 5.48. The molecule has 0 radical (unpaired) electrons. The molecule has 3 rings (SSSR count). The van der Waals surface area contributed by atoms with Crippen LogP contribution in [0.25, 0.3) is 11.5 Å². The van der Waals surface area contributed by atoms with Crippen LogP contribution in [0.15, 0.2) is 24.8 Å². The third-order valence-electron chi connectivity index (χ3n) is 3.53. The minimum Gasteiger partial charge on any atom is -0.324 e. The summed E-state index contributed by atoms with van der Waals surface area (Å²) in [7, 11) is 0. The summed E-state index contributed by atoms with van der Waals surface area (Å²) in [4.78, 5) is 17.1. The standard InChI is InChI=1S/C14H17N5/c1-14(2)5-10(15)9-7-17-13(19-12(9)6-14)11-3-4-16-8-18-11/h3-4,7-8,10H,5-6,15H2,1-2H3. The first-order chi connectivity index (χ1) is 9.05. The number of aromatic nitrogens is 4. The van der Waals surface area contributed by atoms with Gasteiger partial charge in [-0.3, -0.25) is 0 Å². The van der Waals surface area contributed by atoms with Crippen LogP contribution in [-0.4, -0.2) is 19.9 Å². The van der Waals surface area contributed by atoms with Crippen molar-refractivity contribution in [2.75, 3.05) is 0 Å². The van der Waals surface area contributed by atoms with Gasteiger partial charge in [0.2, 0.25) is 0 Å². The Morgan fingerprint density at radius 1 is 1.32 bits per heavy atom. The van der Waals surface area contributed by atoms with Gasteiger partial charge >= 0.3 is 0 Å². The maximum absolute atomic E-state index is 6.21.